The number of aromatic nitrogens is 1. The van der Waals surface area contributed by atoms with Crippen molar-refractivity contribution >= 4 is 34.9 Å². The Kier molecular flexibility index (Phi) is 1.59. The second-order valence-corrected chi connectivity index (χ2v) is 3.39. The van der Waals surface area contributed by atoms with Gasteiger partial charge in [-0.3, -0.25) is 0 Å². The third kappa shape index (κ3) is 1.08. The molecule has 2 aromatic rings. The topological polar surface area (TPSA) is 36.7 Å². The molecule has 2 radical (unpaired) electrons. The molecule has 0 bridgehead atoms. The third-order valence-corrected chi connectivity index (χ3v) is 2.45. The maximum atomic E-state index is 8.57. The highest BCUT2D eigenvalue weighted by molar-refractivity contribution is 7.19. The van der Waals surface area contributed by atoms with Gasteiger partial charge in [-0.1, -0.05) is 11.5 Å². The first-order valence-electron chi connectivity index (χ1n) is 3.36. The van der Waals surface area contributed by atoms with Crippen molar-refractivity contribution in [3.63, 3.8) is 0 Å². The lowest BCUT2D eigenvalue weighted by atomic mass is 9.96. The summed E-state index contributed by atoms with van der Waals surface area (Å²) in [6, 6.07) is 7.46. The van der Waals surface area contributed by atoms with Gasteiger partial charge in [0.2, 0.25) is 0 Å². The minimum atomic E-state index is 0.482. The Morgan fingerprint density at radius 1 is 1.50 bits per heavy atom. The molecule has 0 N–H and O–H groups in total. The molecule has 0 spiro atoms. The van der Waals surface area contributed by atoms with Crippen molar-refractivity contribution in [1.29, 1.82) is 5.26 Å². The lowest BCUT2D eigenvalue weighted by Crippen LogP contribution is -1.98. The molecule has 2 nitrogen and oxygen atoms in total. The van der Waals surface area contributed by atoms with Crippen LogP contribution in [-0.4, -0.2) is 12.8 Å². The van der Waals surface area contributed by atoms with Crippen molar-refractivity contribution in [3.8, 4) is 6.07 Å². The van der Waals surface area contributed by atoms with Gasteiger partial charge in [-0.2, -0.15) is 5.26 Å². The Hall–Kier alpha value is -1.34. The van der Waals surface area contributed by atoms with Gasteiger partial charge in [-0.15, -0.1) is 11.3 Å². The van der Waals surface area contributed by atoms with E-state index in [1.54, 1.807) is 6.07 Å². The number of hydrogen-bond donors (Lipinski definition) is 0. The van der Waals surface area contributed by atoms with Gasteiger partial charge in [0.1, 0.15) is 13.9 Å². The highest BCUT2D eigenvalue weighted by Crippen LogP contribution is 2.19. The smallest absolute Gasteiger partial charge is 0.195 e. The van der Waals surface area contributed by atoms with Crippen molar-refractivity contribution in [1.82, 2.24) is 4.98 Å². The maximum Gasteiger partial charge on any atom is 0.195 e. The fourth-order valence-electron chi connectivity index (χ4n) is 0.992. The van der Waals surface area contributed by atoms with Gasteiger partial charge in [0, 0.05) is 0 Å². The molecular weight excluding hydrogens is 167 g/mol. The van der Waals surface area contributed by atoms with E-state index in [4.69, 9.17) is 13.1 Å². The normalized spacial score (nSPS) is 9.92. The zero-order chi connectivity index (χ0) is 8.55. The van der Waals surface area contributed by atoms with Crippen LogP contribution in [0.4, 0.5) is 0 Å². The standard InChI is InChI=1S/C8H3BN2S/c9-5-1-2-7-6(3-5)11-8(4-10)12-7/h1-3H. The third-order valence-electron chi connectivity index (χ3n) is 1.51. The van der Waals surface area contributed by atoms with Crippen LogP contribution in [-0.2, 0) is 0 Å². The van der Waals surface area contributed by atoms with Crippen molar-refractivity contribution in [2.45, 2.75) is 0 Å². The average Bonchev–Trinajstić information content (AvgIpc) is 2.46. The predicted molar refractivity (Wildman–Crippen MR) is 49.7 cm³/mol. The zero-order valence-corrected chi connectivity index (χ0v) is 6.93. The van der Waals surface area contributed by atoms with Crippen LogP contribution in [0, 0.1) is 11.3 Å². The fraction of sp³-hybridized carbons (Fsp3) is 0. The summed E-state index contributed by atoms with van der Waals surface area (Å²) in [5.41, 5.74) is 1.48. The quantitative estimate of drug-likeness (QED) is 0.552. The molecule has 0 atom stereocenters. The Labute approximate surface area is 74.9 Å². The number of thiazole rings is 1. The van der Waals surface area contributed by atoms with Crippen LogP contribution in [0.25, 0.3) is 10.2 Å². The second-order valence-electron chi connectivity index (χ2n) is 2.36. The average molecular weight is 170 g/mol. The molecule has 4 heteroatoms. The van der Waals surface area contributed by atoms with Gasteiger partial charge in [-0.05, 0) is 12.1 Å². The number of fused-ring (bicyclic) bond motifs is 1. The Bertz CT molecular complexity index is 469. The molecule has 1 aromatic heterocycles. The van der Waals surface area contributed by atoms with E-state index in [2.05, 4.69) is 4.98 Å². The lowest BCUT2D eigenvalue weighted by molar-refractivity contribution is 1.40. The largest absolute Gasteiger partial charge is 0.226 e. The van der Waals surface area contributed by atoms with E-state index in [0.29, 0.717) is 10.5 Å². The van der Waals surface area contributed by atoms with Crippen LogP contribution in [0.5, 0.6) is 0 Å². The van der Waals surface area contributed by atoms with Crippen LogP contribution >= 0.6 is 11.3 Å². The van der Waals surface area contributed by atoms with Crippen LogP contribution in [0.3, 0.4) is 0 Å². The summed E-state index contributed by atoms with van der Waals surface area (Å²) in [4.78, 5) is 4.07. The summed E-state index contributed by atoms with van der Waals surface area (Å²) in [6.07, 6.45) is 0. The summed E-state index contributed by atoms with van der Waals surface area (Å²) in [6.45, 7) is 0. The zero-order valence-electron chi connectivity index (χ0n) is 6.11. The molecule has 12 heavy (non-hydrogen) atoms. The molecule has 54 valence electrons. The van der Waals surface area contributed by atoms with Gasteiger partial charge in [0.25, 0.3) is 0 Å². The SMILES string of the molecule is [B]c1ccc2sc(C#N)nc2c1. The van der Waals surface area contributed by atoms with Crippen LogP contribution in [0.15, 0.2) is 18.2 Å². The summed E-state index contributed by atoms with van der Waals surface area (Å²) in [5, 5.41) is 9.06. The van der Waals surface area contributed by atoms with E-state index in [0.717, 1.165) is 10.2 Å². The Morgan fingerprint density at radius 2 is 2.33 bits per heavy atom. The van der Waals surface area contributed by atoms with Crippen molar-refractivity contribution in [2.24, 2.45) is 0 Å². The summed E-state index contributed by atoms with van der Waals surface area (Å²) < 4.78 is 1.00. The number of rotatable bonds is 0. The molecule has 0 amide bonds. The number of nitrogens with zero attached hydrogens (tertiary/aromatic N) is 2. The predicted octanol–water partition coefficient (Wildman–Crippen LogP) is 0.962. The van der Waals surface area contributed by atoms with Crippen LogP contribution in [0.2, 0.25) is 0 Å². The highest BCUT2D eigenvalue weighted by atomic mass is 32.1. The Morgan fingerprint density at radius 3 is 3.08 bits per heavy atom. The maximum absolute atomic E-state index is 8.57. The van der Waals surface area contributed by atoms with Crippen LogP contribution < -0.4 is 5.46 Å². The molecular formula is C8H3BN2S. The molecule has 0 saturated carbocycles. The molecule has 0 saturated heterocycles. The summed E-state index contributed by atoms with van der Waals surface area (Å²) in [5.74, 6) is 0. The second kappa shape index (κ2) is 2.61. The first kappa shape index (κ1) is 7.32. The van der Waals surface area contributed by atoms with Gasteiger partial charge in [0.15, 0.2) is 5.01 Å². The fourth-order valence-corrected chi connectivity index (χ4v) is 1.74. The molecule has 1 aromatic carbocycles. The summed E-state index contributed by atoms with van der Waals surface area (Å²) >= 11 is 1.38. The van der Waals surface area contributed by atoms with Crippen molar-refractivity contribution < 1.29 is 0 Å². The van der Waals surface area contributed by atoms with E-state index in [-0.39, 0.29) is 0 Å². The molecule has 0 aliphatic rings. The molecule has 0 fully saturated rings. The monoisotopic (exact) mass is 170 g/mol. The molecule has 0 aliphatic heterocycles. The van der Waals surface area contributed by atoms with E-state index >= 15 is 0 Å². The van der Waals surface area contributed by atoms with Gasteiger partial charge in [0.05, 0.1) is 10.2 Å². The first-order valence-corrected chi connectivity index (χ1v) is 4.17. The molecule has 0 aliphatic carbocycles. The molecule has 0 unspecified atom stereocenters. The lowest BCUT2D eigenvalue weighted by Gasteiger charge is -1.88. The first-order chi connectivity index (χ1) is 5.79. The van der Waals surface area contributed by atoms with Crippen molar-refractivity contribution in [2.75, 3.05) is 0 Å². The van der Waals surface area contributed by atoms with E-state index in [1.807, 2.05) is 18.2 Å². The summed E-state index contributed by atoms with van der Waals surface area (Å²) in [7, 11) is 5.56. The van der Waals surface area contributed by atoms with Crippen LogP contribution in [0.1, 0.15) is 5.01 Å². The molecule has 1 heterocycles. The van der Waals surface area contributed by atoms with Gasteiger partial charge >= 0.3 is 0 Å². The van der Waals surface area contributed by atoms with Gasteiger partial charge < -0.3 is 0 Å². The number of nitriles is 1. The minimum Gasteiger partial charge on any atom is -0.226 e. The highest BCUT2D eigenvalue weighted by Gasteiger charge is 2.01. The van der Waals surface area contributed by atoms with Crippen molar-refractivity contribution in [3.05, 3.63) is 23.2 Å². The minimum absolute atomic E-state index is 0.482. The number of benzene rings is 1. The van der Waals surface area contributed by atoms with Gasteiger partial charge in [-0.25, -0.2) is 4.98 Å². The van der Waals surface area contributed by atoms with E-state index < -0.39 is 0 Å². The van der Waals surface area contributed by atoms with E-state index in [1.165, 1.54) is 11.3 Å². The molecule has 2 rings (SSSR count). The number of hydrogen-bond acceptors (Lipinski definition) is 3. The Balaban J connectivity index is 2.77. The van der Waals surface area contributed by atoms with E-state index in [9.17, 15) is 0 Å².